The lowest BCUT2D eigenvalue weighted by atomic mass is 9.85. The molecule has 3 aliphatic rings. The number of amides is 3. The number of anilines is 2. The molecule has 0 bridgehead atoms. The van der Waals surface area contributed by atoms with E-state index in [2.05, 4.69) is 45.1 Å². The molecule has 210 valence electrons. The van der Waals surface area contributed by atoms with Gasteiger partial charge in [-0.15, -0.1) is 0 Å². The minimum absolute atomic E-state index is 0.210. The lowest BCUT2D eigenvalue weighted by molar-refractivity contribution is -0.127. The van der Waals surface area contributed by atoms with E-state index in [0.717, 1.165) is 32.7 Å². The largest absolute Gasteiger partial charge is 0.372 e. The first-order chi connectivity index (χ1) is 19.9. The van der Waals surface area contributed by atoms with Crippen molar-refractivity contribution in [3.63, 3.8) is 0 Å². The fourth-order valence-corrected chi connectivity index (χ4v) is 6.75. The van der Waals surface area contributed by atoms with Crippen molar-refractivity contribution in [2.24, 2.45) is 0 Å². The molecule has 2 aromatic carbocycles. The van der Waals surface area contributed by atoms with E-state index >= 15 is 0 Å². The van der Waals surface area contributed by atoms with Crippen LogP contribution in [0.5, 0.6) is 0 Å². The van der Waals surface area contributed by atoms with Crippen LogP contribution in [0, 0.1) is 11.3 Å². The number of rotatable bonds is 6. The Bertz CT molecular complexity index is 1500. The van der Waals surface area contributed by atoms with Gasteiger partial charge >= 0.3 is 6.03 Å². The van der Waals surface area contributed by atoms with Crippen LogP contribution in [0.4, 0.5) is 16.2 Å². The Morgan fingerprint density at radius 3 is 2.37 bits per heavy atom. The van der Waals surface area contributed by atoms with Crippen molar-refractivity contribution in [1.82, 2.24) is 14.8 Å². The zero-order chi connectivity index (χ0) is 28.6. The van der Waals surface area contributed by atoms with Gasteiger partial charge in [0.05, 0.1) is 28.0 Å². The van der Waals surface area contributed by atoms with Crippen molar-refractivity contribution in [3.8, 4) is 17.3 Å². The Morgan fingerprint density at radius 2 is 1.71 bits per heavy atom. The van der Waals surface area contributed by atoms with Gasteiger partial charge in [-0.05, 0) is 74.6 Å². The summed E-state index contributed by atoms with van der Waals surface area (Å²) >= 11 is 6.68. The second-order valence-corrected chi connectivity index (χ2v) is 11.5. The number of carbonyl (C=O) groups is 2. The molecular formula is C32H33ClN6O2. The monoisotopic (exact) mass is 568 g/mol. The maximum absolute atomic E-state index is 14.0. The molecule has 0 N–H and O–H groups in total. The first kappa shape index (κ1) is 27.3. The van der Waals surface area contributed by atoms with Gasteiger partial charge in [0.15, 0.2) is 0 Å². The molecular weight excluding hydrogens is 536 g/mol. The zero-order valence-electron chi connectivity index (χ0n) is 23.2. The number of carbonyl (C=O) groups excluding carboxylic acids is 2. The first-order valence-corrected chi connectivity index (χ1v) is 14.7. The van der Waals surface area contributed by atoms with Crippen molar-refractivity contribution >= 4 is 34.9 Å². The molecule has 8 nitrogen and oxygen atoms in total. The number of nitrogens with zero attached hydrogens (tertiary/aromatic N) is 6. The summed E-state index contributed by atoms with van der Waals surface area (Å²) < 4.78 is 0. The van der Waals surface area contributed by atoms with E-state index in [1.54, 1.807) is 41.4 Å². The van der Waals surface area contributed by atoms with Crippen LogP contribution in [-0.2, 0) is 11.3 Å². The van der Waals surface area contributed by atoms with Gasteiger partial charge in [0, 0.05) is 56.7 Å². The Balaban J connectivity index is 1.17. The second kappa shape index (κ2) is 11.2. The number of imide groups is 1. The van der Waals surface area contributed by atoms with Crippen LogP contribution in [0.25, 0.3) is 11.3 Å². The van der Waals surface area contributed by atoms with Crippen LogP contribution in [-0.4, -0.2) is 65.0 Å². The molecule has 1 aromatic heterocycles. The van der Waals surface area contributed by atoms with Crippen LogP contribution in [0.2, 0.25) is 5.02 Å². The highest BCUT2D eigenvalue weighted by molar-refractivity contribution is 6.36. The topological polar surface area (TPSA) is 83.8 Å². The van der Waals surface area contributed by atoms with E-state index in [1.165, 1.54) is 29.0 Å². The maximum Gasteiger partial charge on any atom is 0.332 e. The molecule has 9 heteroatoms. The number of hydrogen-bond donors (Lipinski definition) is 0. The molecule has 41 heavy (non-hydrogen) atoms. The summed E-state index contributed by atoms with van der Waals surface area (Å²) in [4.78, 5) is 39.8. The molecule has 6 rings (SSSR count). The van der Waals surface area contributed by atoms with E-state index in [0.29, 0.717) is 41.9 Å². The number of aromatic nitrogens is 1. The van der Waals surface area contributed by atoms with Crippen molar-refractivity contribution in [1.29, 1.82) is 5.26 Å². The maximum atomic E-state index is 14.0. The number of nitriles is 1. The summed E-state index contributed by atoms with van der Waals surface area (Å²) in [6.45, 7) is 6.91. The average molecular weight is 569 g/mol. The highest BCUT2D eigenvalue weighted by Crippen LogP contribution is 2.42. The highest BCUT2D eigenvalue weighted by atomic mass is 35.5. The number of pyridine rings is 1. The van der Waals surface area contributed by atoms with Crippen LogP contribution < -0.4 is 9.80 Å². The zero-order valence-corrected chi connectivity index (χ0v) is 24.0. The van der Waals surface area contributed by atoms with Crippen molar-refractivity contribution < 1.29 is 9.59 Å². The minimum Gasteiger partial charge on any atom is -0.372 e. The molecule has 0 unspecified atom stereocenters. The lowest BCUT2D eigenvalue weighted by Gasteiger charge is -2.41. The Hall–Kier alpha value is -3.93. The fourth-order valence-electron chi connectivity index (χ4n) is 6.48. The third-order valence-corrected chi connectivity index (χ3v) is 9.03. The summed E-state index contributed by atoms with van der Waals surface area (Å²) in [5.41, 5.74) is 3.85. The van der Waals surface area contributed by atoms with Crippen LogP contribution >= 0.6 is 11.6 Å². The van der Waals surface area contributed by atoms with Crippen LogP contribution in [0.1, 0.15) is 43.7 Å². The van der Waals surface area contributed by atoms with E-state index in [-0.39, 0.29) is 17.0 Å². The van der Waals surface area contributed by atoms with Gasteiger partial charge in [0.2, 0.25) is 0 Å². The minimum atomic E-state index is -0.868. The third kappa shape index (κ3) is 4.94. The number of likely N-dealkylation sites (N-methyl/N-ethyl adjacent to an activating group) is 1. The first-order valence-electron chi connectivity index (χ1n) is 14.3. The number of piperidine rings is 1. The summed E-state index contributed by atoms with van der Waals surface area (Å²) in [5.74, 6) is -0.210. The van der Waals surface area contributed by atoms with Gasteiger partial charge in [0.25, 0.3) is 5.91 Å². The number of hydrogen-bond acceptors (Lipinski definition) is 6. The molecule has 3 saturated heterocycles. The normalized spacial score (nSPS) is 18.9. The summed E-state index contributed by atoms with van der Waals surface area (Å²) in [6, 6.07) is 19.1. The summed E-state index contributed by atoms with van der Waals surface area (Å²) in [6.07, 6.45) is 5.25. The fraction of sp³-hybridized carbons (Fsp3) is 0.375. The predicted octanol–water partition coefficient (Wildman–Crippen LogP) is 5.70. The second-order valence-electron chi connectivity index (χ2n) is 11.0. The number of benzene rings is 2. The lowest BCUT2D eigenvalue weighted by Crippen LogP contribution is -2.56. The van der Waals surface area contributed by atoms with Gasteiger partial charge < -0.3 is 9.80 Å². The number of likely N-dealkylation sites (tertiary alicyclic amines) is 1. The molecule has 0 aliphatic carbocycles. The molecule has 0 atom stereocenters. The van der Waals surface area contributed by atoms with E-state index < -0.39 is 5.54 Å². The average Bonchev–Trinajstić information content (AvgIpc) is 3.61. The smallest absolute Gasteiger partial charge is 0.332 e. The molecule has 0 radical (unpaired) electrons. The SMILES string of the molecule is CCN1C(=O)N(c2ccc(-c3cc(C#N)ccn3)cc2Cl)C(=O)C12CCN(Cc1ccc(N3CCCC3)cc1)CC2. The van der Waals surface area contributed by atoms with Gasteiger partial charge in [-0.2, -0.15) is 5.26 Å². The van der Waals surface area contributed by atoms with Crippen molar-refractivity contribution in [2.75, 3.05) is 42.5 Å². The van der Waals surface area contributed by atoms with E-state index in [1.807, 2.05) is 6.92 Å². The summed E-state index contributed by atoms with van der Waals surface area (Å²) in [7, 11) is 0. The molecule has 1 spiro atoms. The molecule has 4 heterocycles. The predicted molar refractivity (Wildman–Crippen MR) is 160 cm³/mol. The molecule has 3 aliphatic heterocycles. The number of urea groups is 1. The highest BCUT2D eigenvalue weighted by Gasteiger charge is 2.58. The Labute approximate surface area is 245 Å². The van der Waals surface area contributed by atoms with E-state index in [9.17, 15) is 14.9 Å². The van der Waals surface area contributed by atoms with Gasteiger partial charge in [0.1, 0.15) is 5.54 Å². The quantitative estimate of drug-likeness (QED) is 0.355. The standard InChI is InChI=1S/C32H33ClN6O2/c1-2-38-31(41)39(29-10-7-25(20-27(29)33)28-19-24(21-34)11-14-35-28)30(40)32(38)12-17-36(18-13-32)22-23-5-8-26(9-6-23)37-15-3-4-16-37/h5-11,14,19-20H,2-4,12-13,15-18,22H2,1H3. The van der Waals surface area contributed by atoms with E-state index in [4.69, 9.17) is 11.6 Å². The van der Waals surface area contributed by atoms with Gasteiger partial charge in [-0.25, -0.2) is 9.69 Å². The molecule has 3 fully saturated rings. The number of halogens is 1. The molecule has 3 amide bonds. The Kier molecular flexibility index (Phi) is 7.41. The van der Waals surface area contributed by atoms with Crippen molar-refractivity contribution in [3.05, 3.63) is 76.9 Å². The van der Waals surface area contributed by atoms with Crippen LogP contribution in [0.15, 0.2) is 60.8 Å². The summed E-state index contributed by atoms with van der Waals surface area (Å²) in [5, 5.41) is 9.51. The van der Waals surface area contributed by atoms with Gasteiger partial charge in [-0.3, -0.25) is 14.7 Å². The molecule has 3 aromatic rings. The van der Waals surface area contributed by atoms with Crippen LogP contribution in [0.3, 0.4) is 0 Å². The molecule has 0 saturated carbocycles. The van der Waals surface area contributed by atoms with Crippen molar-refractivity contribution in [2.45, 2.75) is 44.7 Å². The van der Waals surface area contributed by atoms with Gasteiger partial charge in [-0.1, -0.05) is 29.8 Å². The third-order valence-electron chi connectivity index (χ3n) is 8.73. The Morgan fingerprint density at radius 1 is 0.976 bits per heavy atom.